The Bertz CT molecular complexity index is 1930. The minimum Gasteiger partial charge on any atom is -0.308 e. The molecule has 0 bridgehead atoms. The molecule has 3 aromatic heterocycles. The van der Waals surface area contributed by atoms with E-state index in [-0.39, 0.29) is 5.41 Å². The Kier molecular flexibility index (Phi) is 4.08. The summed E-state index contributed by atoms with van der Waals surface area (Å²) in [7, 11) is 0. The van der Waals surface area contributed by atoms with Crippen molar-refractivity contribution < 1.29 is 0 Å². The predicted molar refractivity (Wildman–Crippen MR) is 149 cm³/mol. The van der Waals surface area contributed by atoms with Crippen LogP contribution in [0.25, 0.3) is 59.9 Å². The number of pyridine rings is 1. The van der Waals surface area contributed by atoms with Gasteiger partial charge in [0, 0.05) is 16.2 Å². The molecule has 3 heterocycles. The van der Waals surface area contributed by atoms with Gasteiger partial charge in [-0.1, -0.05) is 58.9 Å². The SMILES string of the molecule is CC(C)c1ccc2c(c1)c1ccc3ncnc4c5cc6cc(CC(C)(C)C)ccc6cc5n2c1c34. The van der Waals surface area contributed by atoms with Crippen molar-refractivity contribution in [3.05, 3.63) is 78.1 Å². The van der Waals surface area contributed by atoms with Crippen LogP contribution in [0.3, 0.4) is 0 Å². The van der Waals surface area contributed by atoms with Crippen LogP contribution in [0.15, 0.2) is 67.0 Å². The Morgan fingerprint density at radius 2 is 1.63 bits per heavy atom. The fourth-order valence-corrected chi connectivity index (χ4v) is 5.92. The van der Waals surface area contributed by atoms with E-state index in [4.69, 9.17) is 4.98 Å². The number of aromatic nitrogens is 3. The van der Waals surface area contributed by atoms with E-state index in [0.717, 1.165) is 22.8 Å². The van der Waals surface area contributed by atoms with Gasteiger partial charge >= 0.3 is 0 Å². The summed E-state index contributed by atoms with van der Waals surface area (Å²) in [6, 6.07) is 23.0. The zero-order chi connectivity index (χ0) is 24.1. The Labute approximate surface area is 204 Å². The van der Waals surface area contributed by atoms with E-state index in [1.807, 2.05) is 0 Å². The predicted octanol–water partition coefficient (Wildman–Crippen LogP) is 8.65. The molecule has 0 saturated heterocycles. The molecule has 35 heavy (non-hydrogen) atoms. The van der Waals surface area contributed by atoms with Crippen molar-refractivity contribution in [3.63, 3.8) is 0 Å². The molecule has 7 aromatic rings. The van der Waals surface area contributed by atoms with Crippen LogP contribution in [-0.2, 0) is 6.42 Å². The summed E-state index contributed by atoms with van der Waals surface area (Å²) in [4.78, 5) is 9.49. The zero-order valence-electron chi connectivity index (χ0n) is 21.0. The monoisotopic (exact) mass is 455 g/mol. The molecule has 0 aliphatic carbocycles. The summed E-state index contributed by atoms with van der Waals surface area (Å²) in [6.45, 7) is 11.4. The third-order valence-corrected chi connectivity index (χ3v) is 7.47. The van der Waals surface area contributed by atoms with Crippen LogP contribution in [0.5, 0.6) is 0 Å². The second-order valence-electron chi connectivity index (χ2n) is 11.6. The maximum atomic E-state index is 4.84. The molecule has 0 saturated carbocycles. The number of hydrogen-bond donors (Lipinski definition) is 0. The zero-order valence-corrected chi connectivity index (χ0v) is 21.0. The molecule has 0 N–H and O–H groups in total. The highest BCUT2D eigenvalue weighted by molar-refractivity contribution is 6.27. The molecule has 0 atom stereocenters. The average Bonchev–Trinajstić information content (AvgIpc) is 3.16. The third kappa shape index (κ3) is 2.97. The Morgan fingerprint density at radius 1 is 0.771 bits per heavy atom. The first-order valence-corrected chi connectivity index (χ1v) is 12.6. The largest absolute Gasteiger partial charge is 0.308 e. The normalized spacial score (nSPS) is 13.1. The van der Waals surface area contributed by atoms with Gasteiger partial charge in [-0.05, 0) is 76.1 Å². The van der Waals surface area contributed by atoms with Crippen LogP contribution in [0.1, 0.15) is 51.7 Å². The molecular formula is C32H29N3. The summed E-state index contributed by atoms with van der Waals surface area (Å²) in [5, 5.41) is 7.45. The van der Waals surface area contributed by atoms with Crippen LogP contribution >= 0.6 is 0 Å². The minimum absolute atomic E-state index is 0.254. The van der Waals surface area contributed by atoms with Crippen molar-refractivity contribution in [1.29, 1.82) is 0 Å². The highest BCUT2D eigenvalue weighted by atomic mass is 14.9. The second kappa shape index (κ2) is 6.91. The van der Waals surface area contributed by atoms with E-state index < -0.39 is 0 Å². The molecule has 4 aromatic carbocycles. The van der Waals surface area contributed by atoms with E-state index in [1.165, 1.54) is 54.6 Å². The van der Waals surface area contributed by atoms with Gasteiger partial charge in [-0.3, -0.25) is 0 Å². The van der Waals surface area contributed by atoms with Gasteiger partial charge in [0.2, 0.25) is 0 Å². The number of hydrogen-bond acceptors (Lipinski definition) is 2. The van der Waals surface area contributed by atoms with Crippen LogP contribution in [0.2, 0.25) is 0 Å². The van der Waals surface area contributed by atoms with E-state index in [0.29, 0.717) is 5.92 Å². The van der Waals surface area contributed by atoms with Crippen LogP contribution in [-0.4, -0.2) is 14.4 Å². The molecule has 0 aliphatic heterocycles. The van der Waals surface area contributed by atoms with Gasteiger partial charge in [0.25, 0.3) is 0 Å². The fourth-order valence-electron chi connectivity index (χ4n) is 5.92. The molecule has 0 spiro atoms. The Morgan fingerprint density at radius 3 is 2.43 bits per heavy atom. The van der Waals surface area contributed by atoms with Crippen molar-refractivity contribution in [2.24, 2.45) is 5.41 Å². The van der Waals surface area contributed by atoms with Gasteiger partial charge in [-0.15, -0.1) is 0 Å². The first-order chi connectivity index (χ1) is 16.8. The van der Waals surface area contributed by atoms with Crippen molar-refractivity contribution in [2.75, 3.05) is 0 Å². The second-order valence-corrected chi connectivity index (χ2v) is 11.6. The molecule has 0 amide bonds. The molecule has 3 heteroatoms. The summed E-state index contributed by atoms with van der Waals surface area (Å²) in [5.74, 6) is 0.487. The van der Waals surface area contributed by atoms with Gasteiger partial charge in [0.15, 0.2) is 0 Å². The molecule has 7 rings (SSSR count). The van der Waals surface area contributed by atoms with Gasteiger partial charge in [-0.2, -0.15) is 0 Å². The van der Waals surface area contributed by atoms with E-state index in [1.54, 1.807) is 6.33 Å². The third-order valence-electron chi connectivity index (χ3n) is 7.47. The van der Waals surface area contributed by atoms with E-state index in [9.17, 15) is 0 Å². The van der Waals surface area contributed by atoms with Crippen molar-refractivity contribution >= 4 is 59.9 Å². The van der Waals surface area contributed by atoms with Gasteiger partial charge < -0.3 is 4.40 Å². The molecule has 172 valence electrons. The molecular weight excluding hydrogens is 426 g/mol. The number of rotatable bonds is 2. The van der Waals surface area contributed by atoms with E-state index in [2.05, 4.69) is 105 Å². The van der Waals surface area contributed by atoms with Crippen molar-refractivity contribution in [1.82, 2.24) is 14.4 Å². The maximum Gasteiger partial charge on any atom is 0.116 e. The Balaban J connectivity index is 1.67. The lowest BCUT2D eigenvalue weighted by molar-refractivity contribution is 0.411. The molecule has 0 radical (unpaired) electrons. The summed E-state index contributed by atoms with van der Waals surface area (Å²) >= 11 is 0. The smallest absolute Gasteiger partial charge is 0.116 e. The van der Waals surface area contributed by atoms with Crippen LogP contribution < -0.4 is 0 Å². The minimum atomic E-state index is 0.254. The van der Waals surface area contributed by atoms with Crippen molar-refractivity contribution in [2.45, 2.75) is 47.0 Å². The molecule has 0 aliphatic rings. The van der Waals surface area contributed by atoms with E-state index >= 15 is 0 Å². The van der Waals surface area contributed by atoms with Gasteiger partial charge in [0.05, 0.1) is 33.0 Å². The van der Waals surface area contributed by atoms with Crippen LogP contribution in [0, 0.1) is 5.41 Å². The molecule has 3 nitrogen and oxygen atoms in total. The fraction of sp³-hybridized carbons (Fsp3) is 0.250. The van der Waals surface area contributed by atoms with Gasteiger partial charge in [-0.25, -0.2) is 9.97 Å². The quantitative estimate of drug-likeness (QED) is 0.193. The van der Waals surface area contributed by atoms with Gasteiger partial charge in [0.1, 0.15) is 6.33 Å². The lowest BCUT2D eigenvalue weighted by atomic mass is 9.87. The summed E-state index contributed by atoms with van der Waals surface area (Å²) in [6.07, 6.45) is 2.77. The average molecular weight is 456 g/mol. The van der Waals surface area contributed by atoms with Crippen LogP contribution in [0.4, 0.5) is 0 Å². The number of benzene rings is 4. The maximum absolute atomic E-state index is 4.84. The Hall–Kier alpha value is -3.72. The first-order valence-electron chi connectivity index (χ1n) is 12.6. The highest BCUT2D eigenvalue weighted by Crippen LogP contribution is 2.41. The number of nitrogens with zero attached hydrogens (tertiary/aromatic N) is 3. The molecule has 0 fully saturated rings. The molecule has 0 unspecified atom stereocenters. The highest BCUT2D eigenvalue weighted by Gasteiger charge is 2.20. The first kappa shape index (κ1) is 20.6. The lowest BCUT2D eigenvalue weighted by Crippen LogP contribution is -2.08. The topological polar surface area (TPSA) is 30.2 Å². The van der Waals surface area contributed by atoms with Crippen molar-refractivity contribution in [3.8, 4) is 0 Å². The number of fused-ring (bicyclic) bond motifs is 7. The standard InChI is InChI=1S/C32H29N3/c1-18(2)20-8-11-27-24(13-20)23-9-10-26-29-30(34-17-33-26)25-14-22-12-19(16-32(3,4)5)6-7-21(22)15-28(25)35(27)31(23)29/h6-15,17-18H,16H2,1-5H3. The summed E-state index contributed by atoms with van der Waals surface area (Å²) < 4.78 is 2.45. The summed E-state index contributed by atoms with van der Waals surface area (Å²) in [5.41, 5.74) is 8.72. The lowest BCUT2D eigenvalue weighted by Gasteiger charge is -2.18.